The summed E-state index contributed by atoms with van der Waals surface area (Å²) in [5, 5.41) is 6.48. The number of nitrogens with one attached hydrogen (secondary N) is 2. The van der Waals surface area contributed by atoms with Crippen LogP contribution in [-0.2, 0) is 7.05 Å². The van der Waals surface area contributed by atoms with E-state index in [0.29, 0.717) is 11.5 Å². The Morgan fingerprint density at radius 2 is 1.81 bits per heavy atom. The van der Waals surface area contributed by atoms with E-state index in [9.17, 15) is 4.39 Å². The molecule has 0 aliphatic carbocycles. The van der Waals surface area contributed by atoms with Crippen LogP contribution in [-0.4, -0.2) is 14.5 Å². The maximum atomic E-state index is 13.3. The highest BCUT2D eigenvalue weighted by Gasteiger charge is 2.10. The Bertz CT molecular complexity index is 1080. The standard InChI is InChI=1S/C19H15ClFN5/c1-26-17-10-18(23-13-7-8-15(21)14(20)9-13)22-11-16(17)25-19(26)24-12-5-3-2-4-6-12/h2-11H,1H3,(H,22,23)(H,24,25). The highest BCUT2D eigenvalue weighted by molar-refractivity contribution is 6.31. The average Bonchev–Trinajstić information content (AvgIpc) is 2.95. The molecule has 2 N–H and O–H groups in total. The fourth-order valence-electron chi connectivity index (χ4n) is 2.65. The van der Waals surface area contributed by atoms with Crippen molar-refractivity contribution in [3.8, 4) is 0 Å². The number of aromatic nitrogens is 3. The van der Waals surface area contributed by atoms with Crippen molar-refractivity contribution in [2.24, 2.45) is 7.05 Å². The summed E-state index contributed by atoms with van der Waals surface area (Å²) in [6.07, 6.45) is 1.69. The van der Waals surface area contributed by atoms with Gasteiger partial charge in [-0.25, -0.2) is 14.4 Å². The van der Waals surface area contributed by atoms with Gasteiger partial charge in [-0.15, -0.1) is 0 Å². The average molecular weight is 368 g/mol. The molecule has 0 aliphatic heterocycles. The summed E-state index contributed by atoms with van der Waals surface area (Å²) in [4.78, 5) is 8.94. The molecule has 0 fully saturated rings. The summed E-state index contributed by atoms with van der Waals surface area (Å²) in [5.74, 6) is 0.883. The molecule has 0 spiro atoms. The summed E-state index contributed by atoms with van der Waals surface area (Å²) in [5.41, 5.74) is 3.30. The van der Waals surface area contributed by atoms with Crippen LogP contribution in [0.2, 0.25) is 5.02 Å². The van der Waals surface area contributed by atoms with Gasteiger partial charge < -0.3 is 15.2 Å². The Morgan fingerprint density at radius 1 is 1.00 bits per heavy atom. The number of hydrogen-bond acceptors (Lipinski definition) is 4. The first-order valence-corrected chi connectivity index (χ1v) is 8.34. The van der Waals surface area contributed by atoms with Gasteiger partial charge in [0.25, 0.3) is 0 Å². The molecule has 0 atom stereocenters. The van der Waals surface area contributed by atoms with E-state index in [1.54, 1.807) is 12.3 Å². The molecule has 0 radical (unpaired) electrons. The number of anilines is 4. The van der Waals surface area contributed by atoms with Crippen molar-refractivity contribution in [3.05, 3.63) is 71.6 Å². The van der Waals surface area contributed by atoms with E-state index in [1.807, 2.05) is 48.0 Å². The summed E-state index contributed by atoms with van der Waals surface area (Å²) in [6.45, 7) is 0. The molecule has 0 amide bonds. The van der Waals surface area contributed by atoms with Crippen LogP contribution >= 0.6 is 11.6 Å². The van der Waals surface area contributed by atoms with Crippen molar-refractivity contribution in [3.63, 3.8) is 0 Å². The molecular formula is C19H15ClFN5. The van der Waals surface area contributed by atoms with Crippen molar-refractivity contribution in [2.75, 3.05) is 10.6 Å². The first kappa shape index (κ1) is 16.4. The quantitative estimate of drug-likeness (QED) is 0.517. The van der Waals surface area contributed by atoms with Crippen molar-refractivity contribution in [1.29, 1.82) is 0 Å². The lowest BCUT2D eigenvalue weighted by molar-refractivity contribution is 0.628. The van der Waals surface area contributed by atoms with Gasteiger partial charge in [-0.3, -0.25) is 0 Å². The first-order valence-electron chi connectivity index (χ1n) is 7.97. The van der Waals surface area contributed by atoms with Crippen molar-refractivity contribution < 1.29 is 4.39 Å². The molecule has 7 heteroatoms. The van der Waals surface area contributed by atoms with Gasteiger partial charge in [0.1, 0.15) is 17.2 Å². The number of nitrogens with zero attached hydrogens (tertiary/aromatic N) is 3. The van der Waals surface area contributed by atoms with Gasteiger partial charge in [-0.2, -0.15) is 0 Å². The van der Waals surface area contributed by atoms with E-state index in [2.05, 4.69) is 20.6 Å². The third kappa shape index (κ3) is 3.19. The predicted molar refractivity (Wildman–Crippen MR) is 103 cm³/mol. The van der Waals surface area contributed by atoms with Gasteiger partial charge in [0, 0.05) is 24.5 Å². The Labute approximate surface area is 154 Å². The summed E-state index contributed by atoms with van der Waals surface area (Å²) < 4.78 is 15.2. The third-order valence-corrected chi connectivity index (χ3v) is 4.28. The van der Waals surface area contributed by atoms with Crippen molar-refractivity contribution >= 4 is 45.8 Å². The van der Waals surface area contributed by atoms with E-state index in [4.69, 9.17) is 11.6 Å². The Hall–Kier alpha value is -3.12. The zero-order chi connectivity index (χ0) is 18.1. The molecular weight excluding hydrogens is 353 g/mol. The molecule has 5 nitrogen and oxygen atoms in total. The molecule has 0 aliphatic rings. The molecule has 4 aromatic rings. The molecule has 26 heavy (non-hydrogen) atoms. The second-order valence-electron chi connectivity index (χ2n) is 5.80. The van der Waals surface area contributed by atoms with Crippen LogP contribution in [0.4, 0.5) is 27.5 Å². The summed E-state index contributed by atoms with van der Waals surface area (Å²) >= 11 is 5.82. The number of para-hydroxylation sites is 1. The predicted octanol–water partition coefficient (Wildman–Crippen LogP) is 5.25. The van der Waals surface area contributed by atoms with Crippen molar-refractivity contribution in [2.45, 2.75) is 0 Å². The number of hydrogen-bond donors (Lipinski definition) is 2. The third-order valence-electron chi connectivity index (χ3n) is 3.99. The molecule has 0 saturated carbocycles. The molecule has 2 aromatic heterocycles. The van der Waals surface area contributed by atoms with Gasteiger partial charge in [0.05, 0.1) is 16.7 Å². The van der Waals surface area contributed by atoms with E-state index in [-0.39, 0.29) is 5.02 Å². The van der Waals surface area contributed by atoms with E-state index < -0.39 is 5.82 Å². The van der Waals surface area contributed by atoms with Crippen LogP contribution in [0.1, 0.15) is 0 Å². The van der Waals surface area contributed by atoms with E-state index in [1.165, 1.54) is 12.1 Å². The largest absolute Gasteiger partial charge is 0.340 e. The highest BCUT2D eigenvalue weighted by atomic mass is 35.5. The molecule has 4 rings (SSSR count). The second kappa shape index (κ2) is 6.65. The zero-order valence-corrected chi connectivity index (χ0v) is 14.6. The summed E-state index contributed by atoms with van der Waals surface area (Å²) in [7, 11) is 1.93. The van der Waals surface area contributed by atoms with Gasteiger partial charge in [0.15, 0.2) is 0 Å². The Kier molecular flexibility index (Phi) is 4.18. The lowest BCUT2D eigenvalue weighted by Gasteiger charge is -2.07. The maximum absolute atomic E-state index is 13.3. The topological polar surface area (TPSA) is 54.8 Å². The van der Waals surface area contributed by atoms with Crippen LogP contribution < -0.4 is 10.6 Å². The molecule has 0 unspecified atom stereocenters. The molecule has 130 valence electrons. The minimum Gasteiger partial charge on any atom is -0.340 e. The van der Waals surface area contributed by atoms with Crippen LogP contribution in [0, 0.1) is 5.82 Å². The number of rotatable bonds is 4. The normalized spacial score (nSPS) is 10.9. The number of fused-ring (bicyclic) bond motifs is 1. The minimum atomic E-state index is -0.455. The SMILES string of the molecule is Cn1c(Nc2ccccc2)nc2cnc(Nc3ccc(F)c(Cl)c3)cc21. The van der Waals surface area contributed by atoms with Gasteiger partial charge in [-0.05, 0) is 30.3 Å². The maximum Gasteiger partial charge on any atom is 0.208 e. The minimum absolute atomic E-state index is 0.0611. The Morgan fingerprint density at radius 3 is 2.58 bits per heavy atom. The highest BCUT2D eigenvalue weighted by Crippen LogP contribution is 2.26. The zero-order valence-electron chi connectivity index (χ0n) is 13.9. The van der Waals surface area contributed by atoms with Crippen molar-refractivity contribution in [1.82, 2.24) is 14.5 Å². The number of pyridine rings is 1. The lowest BCUT2D eigenvalue weighted by Crippen LogP contribution is -1.99. The van der Waals surface area contributed by atoms with Crippen LogP contribution in [0.3, 0.4) is 0 Å². The lowest BCUT2D eigenvalue weighted by atomic mass is 10.3. The number of imidazole rings is 1. The number of aryl methyl sites for hydroxylation is 1. The number of halogens is 2. The van der Waals surface area contributed by atoms with Crippen LogP contribution in [0.25, 0.3) is 11.0 Å². The monoisotopic (exact) mass is 367 g/mol. The van der Waals surface area contributed by atoms with Gasteiger partial charge in [0.2, 0.25) is 5.95 Å². The molecule has 0 saturated heterocycles. The fourth-order valence-corrected chi connectivity index (χ4v) is 2.83. The first-order chi connectivity index (χ1) is 12.6. The van der Waals surface area contributed by atoms with E-state index in [0.717, 1.165) is 22.7 Å². The molecule has 2 aromatic carbocycles. The molecule has 2 heterocycles. The van der Waals surface area contributed by atoms with Crippen LogP contribution in [0.5, 0.6) is 0 Å². The summed E-state index contributed by atoms with van der Waals surface area (Å²) in [6, 6.07) is 16.2. The smallest absolute Gasteiger partial charge is 0.208 e. The molecule has 0 bridgehead atoms. The van der Waals surface area contributed by atoms with E-state index >= 15 is 0 Å². The van der Waals surface area contributed by atoms with Crippen LogP contribution in [0.15, 0.2) is 60.8 Å². The number of benzene rings is 2. The second-order valence-corrected chi connectivity index (χ2v) is 6.20. The Balaban J connectivity index is 1.64. The fraction of sp³-hybridized carbons (Fsp3) is 0.0526. The van der Waals surface area contributed by atoms with Gasteiger partial charge in [-0.1, -0.05) is 29.8 Å². The van der Waals surface area contributed by atoms with Gasteiger partial charge >= 0.3 is 0 Å².